The Kier molecular flexibility index (Phi) is 6.04. The van der Waals surface area contributed by atoms with E-state index in [2.05, 4.69) is 0 Å². The van der Waals surface area contributed by atoms with Gasteiger partial charge in [-0.15, -0.1) is 0 Å². The fraction of sp³-hybridized carbons (Fsp3) is 0.909. The number of rotatable bonds is 6. The normalized spacial score (nSPS) is 21.0. The van der Waals surface area contributed by atoms with Crippen LogP contribution in [0.3, 0.4) is 0 Å². The minimum atomic E-state index is -3.55. The second-order valence-electron chi connectivity index (χ2n) is 4.56. The van der Waals surface area contributed by atoms with Gasteiger partial charge in [-0.2, -0.15) is 0 Å². The molecule has 0 aliphatic carbocycles. The first-order valence-corrected chi connectivity index (χ1v) is 7.93. The molecule has 2 N–H and O–H groups in total. The third kappa shape index (κ3) is 4.91. The maximum absolute atomic E-state index is 11.8. The van der Waals surface area contributed by atoms with Crippen molar-refractivity contribution in [1.82, 2.24) is 4.90 Å². The Balaban J connectivity index is 2.39. The summed E-state index contributed by atoms with van der Waals surface area (Å²) in [5.41, 5.74) is 0. The zero-order valence-corrected chi connectivity index (χ0v) is 11.6. The molecule has 18 heavy (non-hydrogen) atoms. The van der Waals surface area contributed by atoms with Crippen molar-refractivity contribution in [3.63, 3.8) is 0 Å². The van der Waals surface area contributed by atoms with Crippen LogP contribution in [0.15, 0.2) is 0 Å². The molecule has 0 spiro atoms. The highest BCUT2D eigenvalue weighted by Gasteiger charge is 2.30. The van der Waals surface area contributed by atoms with Gasteiger partial charge in [-0.05, 0) is 19.3 Å². The van der Waals surface area contributed by atoms with Crippen LogP contribution in [0, 0.1) is 0 Å². The zero-order valence-electron chi connectivity index (χ0n) is 10.8. The van der Waals surface area contributed by atoms with Crippen molar-refractivity contribution in [3.05, 3.63) is 0 Å². The molecule has 1 unspecified atom stereocenters. The molecule has 0 bridgehead atoms. The van der Waals surface area contributed by atoms with Crippen molar-refractivity contribution in [2.45, 2.75) is 37.9 Å². The quantitative estimate of drug-likeness (QED) is 0.697. The van der Waals surface area contributed by atoms with Crippen LogP contribution in [0.1, 0.15) is 32.6 Å². The highest BCUT2D eigenvalue weighted by atomic mass is 32.2. The van der Waals surface area contributed by atoms with Gasteiger partial charge in [-0.1, -0.05) is 6.92 Å². The van der Waals surface area contributed by atoms with Crippen molar-refractivity contribution < 1.29 is 17.9 Å². The van der Waals surface area contributed by atoms with Gasteiger partial charge < -0.3 is 9.64 Å². The Bertz CT molecular complexity index is 369. The molecule has 106 valence electrons. The molecule has 6 nitrogen and oxygen atoms in total. The lowest BCUT2D eigenvalue weighted by molar-refractivity contribution is -0.133. The number of hydrogen-bond acceptors (Lipinski definition) is 4. The summed E-state index contributed by atoms with van der Waals surface area (Å²) in [6.07, 6.45) is 2.44. The molecule has 1 rings (SSSR count). The molecule has 1 aliphatic rings. The maximum Gasteiger partial charge on any atom is 0.224 e. The molecule has 0 aromatic carbocycles. The number of nitrogens with zero attached hydrogens (tertiary/aromatic N) is 1. The summed E-state index contributed by atoms with van der Waals surface area (Å²) in [6.45, 7) is 3.86. The van der Waals surface area contributed by atoms with Gasteiger partial charge in [0.1, 0.15) is 0 Å². The van der Waals surface area contributed by atoms with E-state index in [0.717, 1.165) is 6.42 Å². The van der Waals surface area contributed by atoms with Gasteiger partial charge in [-0.3, -0.25) is 4.79 Å². The minimum absolute atomic E-state index is 0.0561. The third-order valence-corrected chi connectivity index (χ3v) is 4.32. The van der Waals surface area contributed by atoms with E-state index < -0.39 is 15.3 Å². The van der Waals surface area contributed by atoms with E-state index in [-0.39, 0.29) is 12.5 Å². The fourth-order valence-corrected chi connectivity index (χ4v) is 2.88. The molecule has 7 heteroatoms. The molecular weight excluding hydrogens is 256 g/mol. The van der Waals surface area contributed by atoms with Crippen LogP contribution in [0.4, 0.5) is 0 Å². The number of ether oxygens (including phenoxy) is 1. The molecule has 1 heterocycles. The molecule has 1 amide bonds. The van der Waals surface area contributed by atoms with E-state index >= 15 is 0 Å². The van der Waals surface area contributed by atoms with Crippen molar-refractivity contribution >= 4 is 15.9 Å². The van der Waals surface area contributed by atoms with E-state index in [9.17, 15) is 13.2 Å². The number of primary sulfonamides is 1. The molecule has 1 fully saturated rings. The predicted octanol–water partition coefficient (Wildman–Crippen LogP) is 0.0826. The predicted molar refractivity (Wildman–Crippen MR) is 68.4 cm³/mol. The summed E-state index contributed by atoms with van der Waals surface area (Å²) in [4.78, 5) is 13.4. The first-order valence-electron chi connectivity index (χ1n) is 6.32. The number of likely N-dealkylation sites (tertiary alicyclic amines) is 1. The average Bonchev–Trinajstić information content (AvgIpc) is 2.33. The standard InChI is InChI=1S/C11H22N2O4S/c1-2-7-17-8-5-11(14)13-6-3-4-10(9-13)18(12,15)16/h10H,2-9H2,1H3,(H2,12,15,16). The second kappa shape index (κ2) is 7.06. The molecule has 0 aromatic rings. The Hall–Kier alpha value is -0.660. The minimum Gasteiger partial charge on any atom is -0.381 e. The number of carbonyl (C=O) groups is 1. The van der Waals surface area contributed by atoms with Crippen molar-refractivity contribution in [2.24, 2.45) is 5.14 Å². The third-order valence-electron chi connectivity index (χ3n) is 3.00. The van der Waals surface area contributed by atoms with Gasteiger partial charge in [0, 0.05) is 19.7 Å². The highest BCUT2D eigenvalue weighted by molar-refractivity contribution is 7.89. The summed E-state index contributed by atoms with van der Waals surface area (Å²) >= 11 is 0. The number of piperidine rings is 1. The van der Waals surface area contributed by atoms with E-state index in [0.29, 0.717) is 39.0 Å². The number of carbonyl (C=O) groups excluding carboxylic acids is 1. The summed E-state index contributed by atoms with van der Waals surface area (Å²) < 4.78 is 27.8. The fourth-order valence-electron chi connectivity index (χ4n) is 2.00. The molecule has 1 aliphatic heterocycles. The van der Waals surface area contributed by atoms with Gasteiger partial charge in [0.25, 0.3) is 0 Å². The van der Waals surface area contributed by atoms with Crippen LogP contribution >= 0.6 is 0 Å². The topological polar surface area (TPSA) is 89.7 Å². The Morgan fingerprint density at radius 2 is 2.17 bits per heavy atom. The monoisotopic (exact) mass is 278 g/mol. The lowest BCUT2D eigenvalue weighted by Crippen LogP contribution is -2.47. The summed E-state index contributed by atoms with van der Waals surface area (Å²) in [5.74, 6) is -0.0561. The Morgan fingerprint density at radius 1 is 1.44 bits per heavy atom. The summed E-state index contributed by atoms with van der Waals surface area (Å²) in [5, 5.41) is 4.50. The largest absolute Gasteiger partial charge is 0.381 e. The molecule has 0 aromatic heterocycles. The summed E-state index contributed by atoms with van der Waals surface area (Å²) in [6, 6.07) is 0. The van der Waals surface area contributed by atoms with Crippen LogP contribution in [0.5, 0.6) is 0 Å². The molecule has 0 radical (unpaired) electrons. The first-order chi connectivity index (χ1) is 8.45. The number of amides is 1. The van der Waals surface area contributed by atoms with E-state index in [1.807, 2.05) is 6.92 Å². The lowest BCUT2D eigenvalue weighted by Gasteiger charge is -2.31. The van der Waals surface area contributed by atoms with Gasteiger partial charge in [0.05, 0.1) is 18.3 Å². The number of hydrogen-bond donors (Lipinski definition) is 1. The molecule has 1 atom stereocenters. The maximum atomic E-state index is 11.8. The molecule has 0 saturated carbocycles. The van der Waals surface area contributed by atoms with Crippen molar-refractivity contribution in [1.29, 1.82) is 0 Å². The zero-order chi connectivity index (χ0) is 13.6. The number of nitrogens with two attached hydrogens (primary N) is 1. The van der Waals surface area contributed by atoms with Crippen molar-refractivity contribution in [3.8, 4) is 0 Å². The van der Waals surface area contributed by atoms with Crippen LogP contribution in [0.25, 0.3) is 0 Å². The van der Waals surface area contributed by atoms with Crippen LogP contribution < -0.4 is 5.14 Å². The highest BCUT2D eigenvalue weighted by Crippen LogP contribution is 2.16. The average molecular weight is 278 g/mol. The van der Waals surface area contributed by atoms with Gasteiger partial charge in [-0.25, -0.2) is 13.6 Å². The smallest absolute Gasteiger partial charge is 0.224 e. The Morgan fingerprint density at radius 3 is 2.78 bits per heavy atom. The van der Waals surface area contributed by atoms with Gasteiger partial charge in [0.2, 0.25) is 15.9 Å². The van der Waals surface area contributed by atoms with Gasteiger partial charge >= 0.3 is 0 Å². The first kappa shape index (κ1) is 15.4. The van der Waals surface area contributed by atoms with E-state index in [1.54, 1.807) is 4.90 Å². The SMILES string of the molecule is CCCOCCC(=O)N1CCCC(S(N)(=O)=O)C1. The second-order valence-corrected chi connectivity index (χ2v) is 6.40. The summed E-state index contributed by atoms with van der Waals surface area (Å²) in [7, 11) is -3.55. The van der Waals surface area contributed by atoms with Crippen LogP contribution in [-0.4, -0.2) is 50.8 Å². The molecule has 1 saturated heterocycles. The van der Waals surface area contributed by atoms with Crippen LogP contribution in [-0.2, 0) is 19.6 Å². The van der Waals surface area contributed by atoms with Gasteiger partial charge in [0.15, 0.2) is 0 Å². The van der Waals surface area contributed by atoms with E-state index in [4.69, 9.17) is 9.88 Å². The van der Waals surface area contributed by atoms with Crippen LogP contribution in [0.2, 0.25) is 0 Å². The molecular formula is C11H22N2O4S. The lowest BCUT2D eigenvalue weighted by atomic mass is 10.1. The Labute approximate surface area is 109 Å². The van der Waals surface area contributed by atoms with E-state index in [1.165, 1.54) is 0 Å². The number of sulfonamides is 1. The van der Waals surface area contributed by atoms with Crippen molar-refractivity contribution in [2.75, 3.05) is 26.3 Å².